The first-order valence-electron chi connectivity index (χ1n) is 6.02. The Kier molecular flexibility index (Phi) is 4.10. The molecule has 3 nitrogen and oxygen atoms in total. The summed E-state index contributed by atoms with van der Waals surface area (Å²) < 4.78 is 0. The van der Waals surface area contributed by atoms with E-state index >= 15 is 0 Å². The Morgan fingerprint density at radius 1 is 1.22 bits per heavy atom. The molecule has 1 heterocycles. The third-order valence-corrected chi connectivity index (χ3v) is 2.76. The molecule has 3 heteroatoms. The number of nitrogens with one attached hydrogen (secondary N) is 2. The number of benzene rings is 1. The lowest BCUT2D eigenvalue weighted by Gasteiger charge is -2.19. The third kappa shape index (κ3) is 2.96. The number of pyridine rings is 1. The van der Waals surface area contributed by atoms with E-state index in [1.165, 1.54) is 5.69 Å². The van der Waals surface area contributed by atoms with Crippen molar-refractivity contribution < 1.29 is 5.01 Å². The second kappa shape index (κ2) is 5.98. The smallest absolute Gasteiger partial charge is 0.155 e. The molecule has 2 N–H and O–H groups in total. The number of rotatable bonds is 5. The first-order chi connectivity index (χ1) is 8.81. The zero-order chi connectivity index (χ0) is 12.8. The monoisotopic (exact) mass is 240 g/mol. The third-order valence-electron chi connectivity index (χ3n) is 2.76. The van der Waals surface area contributed by atoms with E-state index < -0.39 is 0 Å². The minimum Gasteiger partial charge on any atom is -0.259 e. The Balaban J connectivity index is 2.22. The summed E-state index contributed by atoms with van der Waals surface area (Å²) in [6, 6.07) is 14.3. The van der Waals surface area contributed by atoms with E-state index in [0.717, 1.165) is 22.9 Å². The second-order valence-corrected chi connectivity index (χ2v) is 4.10. The highest BCUT2D eigenvalue weighted by Crippen LogP contribution is 2.08. The molecule has 0 bridgehead atoms. The van der Waals surface area contributed by atoms with Crippen LogP contribution in [-0.4, -0.2) is 11.5 Å². The fraction of sp³-hybridized carbons (Fsp3) is 0.133. The summed E-state index contributed by atoms with van der Waals surface area (Å²) in [5, 5.41) is 1.14. The molecule has 0 saturated heterocycles. The largest absolute Gasteiger partial charge is 0.259 e. The molecule has 1 aromatic heterocycles. The molecule has 0 saturated carbocycles. The van der Waals surface area contributed by atoms with E-state index in [1.54, 1.807) is 6.20 Å². The molecule has 0 radical (unpaired) electrons. The summed E-state index contributed by atoms with van der Waals surface area (Å²) in [6.07, 6.45) is 3.71. The molecule has 92 valence electrons. The number of aromatic nitrogens is 1. The molecule has 1 atom stereocenters. The number of hydrogen-bond donors (Lipinski definition) is 2. The molecule has 0 aliphatic carbocycles. The molecule has 0 fully saturated rings. The van der Waals surface area contributed by atoms with E-state index in [-0.39, 0.29) is 0 Å². The average molecular weight is 240 g/mol. The van der Waals surface area contributed by atoms with Crippen LogP contribution < -0.4 is 10.4 Å². The van der Waals surface area contributed by atoms with Gasteiger partial charge in [0.1, 0.15) is 12.2 Å². The van der Waals surface area contributed by atoms with Crippen molar-refractivity contribution in [3.05, 3.63) is 67.0 Å². The van der Waals surface area contributed by atoms with Crippen LogP contribution in [0.25, 0.3) is 0 Å². The maximum Gasteiger partial charge on any atom is 0.155 e. The van der Waals surface area contributed by atoms with E-state index in [2.05, 4.69) is 29.1 Å². The zero-order valence-corrected chi connectivity index (χ0v) is 10.6. The van der Waals surface area contributed by atoms with Crippen molar-refractivity contribution in [3.8, 4) is 0 Å². The van der Waals surface area contributed by atoms with Crippen LogP contribution in [-0.2, 0) is 0 Å². The van der Waals surface area contributed by atoms with Gasteiger partial charge >= 0.3 is 0 Å². The summed E-state index contributed by atoms with van der Waals surface area (Å²) in [5.74, 6) is 0. The minimum atomic E-state index is 0.804. The van der Waals surface area contributed by atoms with Gasteiger partial charge in [-0.15, -0.1) is 0 Å². The minimum absolute atomic E-state index is 0.804. The molecule has 0 spiro atoms. The van der Waals surface area contributed by atoms with Crippen molar-refractivity contribution in [2.45, 2.75) is 6.92 Å². The lowest BCUT2D eigenvalue weighted by atomic mass is 10.3. The van der Waals surface area contributed by atoms with Crippen molar-refractivity contribution in [2.24, 2.45) is 0 Å². The summed E-state index contributed by atoms with van der Waals surface area (Å²) >= 11 is 0. The van der Waals surface area contributed by atoms with Gasteiger partial charge in [0, 0.05) is 18.3 Å². The van der Waals surface area contributed by atoms with Gasteiger partial charge in [0.05, 0.1) is 5.69 Å². The van der Waals surface area contributed by atoms with Crippen LogP contribution in [0.2, 0.25) is 0 Å². The predicted octanol–water partition coefficient (Wildman–Crippen LogP) is 2.12. The lowest BCUT2D eigenvalue weighted by molar-refractivity contribution is -0.801. The molecule has 18 heavy (non-hydrogen) atoms. The number of quaternary nitrogens is 1. The van der Waals surface area contributed by atoms with Crippen LogP contribution in [0.1, 0.15) is 5.69 Å². The second-order valence-electron chi connectivity index (χ2n) is 4.10. The standard InChI is InChI=1S/C15H17N3/c1-3-12-18(14-8-5-4-6-9-14)17-15-10-7-11-16-13(15)2/h3-11,17H,1,12H2,2H3/p+1. The van der Waals surface area contributed by atoms with Gasteiger partial charge < -0.3 is 0 Å². The van der Waals surface area contributed by atoms with Gasteiger partial charge in [-0.3, -0.25) is 4.98 Å². The lowest BCUT2D eigenvalue weighted by Crippen LogP contribution is -3.10. The van der Waals surface area contributed by atoms with Gasteiger partial charge in [0.15, 0.2) is 5.69 Å². The highest BCUT2D eigenvalue weighted by Gasteiger charge is 2.11. The molecule has 0 aliphatic rings. The van der Waals surface area contributed by atoms with E-state index in [9.17, 15) is 0 Å². The number of hydrogen-bond acceptors (Lipinski definition) is 2. The SMILES string of the molecule is C=CC[NH+](Nc1cccnc1C)c1ccccc1. The maximum absolute atomic E-state index is 4.28. The van der Waals surface area contributed by atoms with Crippen LogP contribution in [0.5, 0.6) is 0 Å². The number of anilines is 1. The van der Waals surface area contributed by atoms with Gasteiger partial charge in [0.2, 0.25) is 0 Å². The Hall–Kier alpha value is -2.13. The van der Waals surface area contributed by atoms with Gasteiger partial charge in [-0.25, -0.2) is 5.43 Å². The van der Waals surface area contributed by atoms with Crippen molar-refractivity contribution in [3.63, 3.8) is 0 Å². The Morgan fingerprint density at radius 2 is 2.00 bits per heavy atom. The van der Waals surface area contributed by atoms with Crippen LogP contribution in [0.3, 0.4) is 0 Å². The molecule has 0 amide bonds. The van der Waals surface area contributed by atoms with Crippen molar-refractivity contribution >= 4 is 11.4 Å². The van der Waals surface area contributed by atoms with E-state index in [1.807, 2.05) is 43.3 Å². The Bertz CT molecular complexity index is 508. The van der Waals surface area contributed by atoms with Crippen LogP contribution in [0.4, 0.5) is 11.4 Å². The van der Waals surface area contributed by atoms with Crippen molar-refractivity contribution in [1.82, 2.24) is 4.98 Å². The summed E-state index contributed by atoms with van der Waals surface area (Å²) in [6.45, 7) is 6.62. The fourth-order valence-electron chi connectivity index (χ4n) is 1.80. The normalized spacial score (nSPS) is 11.8. The van der Waals surface area contributed by atoms with Gasteiger partial charge in [-0.05, 0) is 25.1 Å². The van der Waals surface area contributed by atoms with Crippen molar-refractivity contribution in [2.75, 3.05) is 12.0 Å². The molecule has 1 unspecified atom stereocenters. The molecule has 0 aliphatic heterocycles. The van der Waals surface area contributed by atoms with Gasteiger partial charge in [-0.2, -0.15) is 5.01 Å². The first-order valence-corrected chi connectivity index (χ1v) is 6.02. The molecule has 2 aromatic rings. The quantitative estimate of drug-likeness (QED) is 0.619. The van der Waals surface area contributed by atoms with Crippen molar-refractivity contribution in [1.29, 1.82) is 0 Å². The van der Waals surface area contributed by atoms with Gasteiger partial charge in [0.25, 0.3) is 0 Å². The Labute approximate surface area is 108 Å². The summed E-state index contributed by atoms with van der Waals surface area (Å²) in [7, 11) is 0. The van der Waals surface area contributed by atoms with E-state index in [0.29, 0.717) is 0 Å². The van der Waals surface area contributed by atoms with Gasteiger partial charge in [-0.1, -0.05) is 24.8 Å². The van der Waals surface area contributed by atoms with Crippen LogP contribution in [0.15, 0.2) is 61.3 Å². The number of para-hydroxylation sites is 1. The number of aryl methyl sites for hydroxylation is 1. The summed E-state index contributed by atoms with van der Waals surface area (Å²) in [5.41, 5.74) is 6.66. The highest BCUT2D eigenvalue weighted by atomic mass is 15.5. The highest BCUT2D eigenvalue weighted by molar-refractivity contribution is 5.45. The van der Waals surface area contributed by atoms with Crippen LogP contribution >= 0.6 is 0 Å². The average Bonchev–Trinajstić information content (AvgIpc) is 2.42. The molecule has 1 aromatic carbocycles. The summed E-state index contributed by atoms with van der Waals surface area (Å²) in [4.78, 5) is 4.28. The molecule has 2 rings (SSSR count). The predicted molar refractivity (Wildman–Crippen MR) is 74.7 cm³/mol. The zero-order valence-electron chi connectivity index (χ0n) is 10.6. The first kappa shape index (κ1) is 12.3. The maximum atomic E-state index is 4.28. The fourth-order valence-corrected chi connectivity index (χ4v) is 1.80. The molecular weight excluding hydrogens is 222 g/mol. The molecular formula is C15H18N3+. The van der Waals surface area contributed by atoms with Crippen LogP contribution in [0, 0.1) is 6.92 Å². The Morgan fingerprint density at radius 3 is 2.67 bits per heavy atom. The topological polar surface area (TPSA) is 29.4 Å². The number of nitrogens with zero attached hydrogens (tertiary/aromatic N) is 1. The van der Waals surface area contributed by atoms with E-state index in [4.69, 9.17) is 0 Å².